The summed E-state index contributed by atoms with van der Waals surface area (Å²) in [5.74, 6) is -1.26. The van der Waals surface area contributed by atoms with Gasteiger partial charge in [0.05, 0.1) is 0 Å². The molecule has 0 aliphatic carbocycles. The van der Waals surface area contributed by atoms with E-state index in [1.807, 2.05) is 0 Å². The lowest BCUT2D eigenvalue weighted by molar-refractivity contribution is -0.143. The molecule has 0 heterocycles. The lowest BCUT2D eigenvalue weighted by atomic mass is 9.92. The van der Waals surface area contributed by atoms with Crippen molar-refractivity contribution in [3.63, 3.8) is 0 Å². The van der Waals surface area contributed by atoms with E-state index in [4.69, 9.17) is 10.8 Å². The number of halogens is 1. The fourth-order valence-electron chi connectivity index (χ4n) is 1.37. The van der Waals surface area contributed by atoms with Gasteiger partial charge >= 0.3 is 5.97 Å². The van der Waals surface area contributed by atoms with Crippen molar-refractivity contribution < 1.29 is 19.4 Å². The highest BCUT2D eigenvalue weighted by Gasteiger charge is 2.34. The topological polar surface area (TPSA) is 83.6 Å². The van der Waals surface area contributed by atoms with Crippen LogP contribution in [-0.4, -0.2) is 28.4 Å². The number of phenols is 1. The Morgan fingerprint density at radius 1 is 1.56 bits per heavy atom. The molecule has 1 atom stereocenters. The number of alkyl halides is 1. The summed E-state index contributed by atoms with van der Waals surface area (Å²) in [6.07, 6.45) is -0.111. The molecule has 0 aromatic heterocycles. The molecule has 0 radical (unpaired) electrons. The lowest BCUT2D eigenvalue weighted by Gasteiger charge is -2.21. The largest absolute Gasteiger partial charge is 0.508 e. The highest BCUT2D eigenvalue weighted by Crippen LogP contribution is 2.20. The summed E-state index contributed by atoms with van der Waals surface area (Å²) in [4.78, 5) is 10.8. The van der Waals surface area contributed by atoms with Crippen molar-refractivity contribution in [1.82, 2.24) is 0 Å². The number of carbonyl (C=O) groups is 1. The van der Waals surface area contributed by atoms with Crippen molar-refractivity contribution in [3.8, 4) is 5.75 Å². The quantitative estimate of drug-likeness (QED) is 0.716. The molecule has 1 unspecified atom stereocenters. The van der Waals surface area contributed by atoms with E-state index in [9.17, 15) is 14.3 Å². The molecule has 1 aromatic rings. The van der Waals surface area contributed by atoms with Crippen LogP contribution in [0.15, 0.2) is 18.2 Å². The van der Waals surface area contributed by atoms with Crippen LogP contribution in [0.5, 0.6) is 5.75 Å². The molecule has 1 aromatic carbocycles. The number of aliphatic carboxylic acids is 1. The van der Waals surface area contributed by atoms with Gasteiger partial charge in [-0.05, 0) is 24.1 Å². The first-order valence-electron chi connectivity index (χ1n) is 4.76. The van der Waals surface area contributed by atoms with Gasteiger partial charge in [-0.2, -0.15) is 0 Å². The van der Waals surface area contributed by atoms with Gasteiger partial charge in [0.1, 0.15) is 18.0 Å². The van der Waals surface area contributed by atoms with Crippen LogP contribution in [0.1, 0.15) is 11.1 Å². The predicted molar refractivity (Wildman–Crippen MR) is 57.1 cm³/mol. The van der Waals surface area contributed by atoms with Gasteiger partial charge in [-0.1, -0.05) is 12.1 Å². The van der Waals surface area contributed by atoms with E-state index >= 15 is 0 Å². The van der Waals surface area contributed by atoms with Crippen LogP contribution in [0, 0.1) is 6.92 Å². The molecule has 5 heteroatoms. The van der Waals surface area contributed by atoms with Crippen LogP contribution < -0.4 is 5.73 Å². The fraction of sp³-hybridized carbons (Fsp3) is 0.364. The highest BCUT2D eigenvalue weighted by molar-refractivity contribution is 5.79. The minimum atomic E-state index is -1.90. The second kappa shape index (κ2) is 4.49. The molecule has 16 heavy (non-hydrogen) atoms. The Labute approximate surface area is 92.5 Å². The zero-order chi connectivity index (χ0) is 12.3. The molecule has 0 saturated heterocycles. The van der Waals surface area contributed by atoms with Gasteiger partial charge in [0.25, 0.3) is 0 Å². The molecule has 4 N–H and O–H groups in total. The summed E-state index contributed by atoms with van der Waals surface area (Å²) in [6, 6.07) is 4.56. The number of hydrogen-bond acceptors (Lipinski definition) is 3. The molecule has 0 fully saturated rings. The first-order valence-corrected chi connectivity index (χ1v) is 4.76. The zero-order valence-electron chi connectivity index (χ0n) is 8.90. The Morgan fingerprint density at radius 3 is 2.62 bits per heavy atom. The standard InChI is InChI=1S/C11H14FNO3/c1-7-4-8(2-3-9(7)14)5-11(13,6-12)10(15)16/h2-4,14H,5-6,13H2,1H3,(H,15,16). The number of carboxylic acid groups (broad SMARTS) is 1. The number of aryl methyl sites for hydroxylation is 1. The van der Waals surface area contributed by atoms with Crippen molar-refractivity contribution in [2.45, 2.75) is 18.9 Å². The smallest absolute Gasteiger partial charge is 0.326 e. The van der Waals surface area contributed by atoms with Gasteiger partial charge in [0.15, 0.2) is 0 Å². The van der Waals surface area contributed by atoms with Gasteiger partial charge in [-0.15, -0.1) is 0 Å². The van der Waals surface area contributed by atoms with E-state index in [1.165, 1.54) is 12.1 Å². The van der Waals surface area contributed by atoms with E-state index in [2.05, 4.69) is 0 Å². The van der Waals surface area contributed by atoms with Gasteiger partial charge in [0, 0.05) is 6.42 Å². The highest BCUT2D eigenvalue weighted by atomic mass is 19.1. The minimum absolute atomic E-state index is 0.111. The average Bonchev–Trinajstić information content (AvgIpc) is 2.23. The Morgan fingerprint density at radius 2 is 2.19 bits per heavy atom. The van der Waals surface area contributed by atoms with Crippen LogP contribution in [0.4, 0.5) is 4.39 Å². The second-order valence-corrected chi connectivity index (χ2v) is 3.89. The molecule has 88 valence electrons. The van der Waals surface area contributed by atoms with Crippen molar-refractivity contribution in [2.24, 2.45) is 5.73 Å². The third-order valence-electron chi connectivity index (χ3n) is 2.45. The minimum Gasteiger partial charge on any atom is -0.508 e. The molecular weight excluding hydrogens is 213 g/mol. The maximum absolute atomic E-state index is 12.6. The molecule has 0 spiro atoms. The SMILES string of the molecule is Cc1cc(CC(N)(CF)C(=O)O)ccc1O. The third-order valence-corrected chi connectivity index (χ3v) is 2.45. The normalized spacial score (nSPS) is 14.4. The van der Waals surface area contributed by atoms with Crippen molar-refractivity contribution in [2.75, 3.05) is 6.67 Å². The lowest BCUT2D eigenvalue weighted by Crippen LogP contribution is -2.52. The number of nitrogens with two attached hydrogens (primary N) is 1. The van der Waals surface area contributed by atoms with Crippen LogP contribution in [-0.2, 0) is 11.2 Å². The van der Waals surface area contributed by atoms with Crippen LogP contribution >= 0.6 is 0 Å². The van der Waals surface area contributed by atoms with E-state index in [0.29, 0.717) is 11.1 Å². The average molecular weight is 227 g/mol. The summed E-state index contributed by atoms with van der Waals surface area (Å²) in [6.45, 7) is 0.537. The van der Waals surface area contributed by atoms with E-state index in [1.54, 1.807) is 13.0 Å². The Balaban J connectivity index is 2.95. The molecular formula is C11H14FNO3. The fourth-order valence-corrected chi connectivity index (χ4v) is 1.37. The van der Waals surface area contributed by atoms with Gasteiger partial charge in [0.2, 0.25) is 0 Å². The van der Waals surface area contributed by atoms with Crippen molar-refractivity contribution >= 4 is 5.97 Å². The second-order valence-electron chi connectivity index (χ2n) is 3.89. The van der Waals surface area contributed by atoms with Crippen LogP contribution in [0.25, 0.3) is 0 Å². The third kappa shape index (κ3) is 2.49. The summed E-state index contributed by atoms with van der Waals surface area (Å²) in [7, 11) is 0. The van der Waals surface area contributed by atoms with Gasteiger partial charge in [-0.3, -0.25) is 4.79 Å². The van der Waals surface area contributed by atoms with E-state index in [-0.39, 0.29) is 12.2 Å². The molecule has 4 nitrogen and oxygen atoms in total. The van der Waals surface area contributed by atoms with Gasteiger partial charge in [-0.25, -0.2) is 4.39 Å². The maximum Gasteiger partial charge on any atom is 0.326 e. The molecule has 0 aliphatic rings. The first kappa shape index (κ1) is 12.4. The number of hydrogen-bond donors (Lipinski definition) is 3. The maximum atomic E-state index is 12.6. The summed E-state index contributed by atoms with van der Waals surface area (Å²) in [5, 5.41) is 18.1. The van der Waals surface area contributed by atoms with E-state index < -0.39 is 18.2 Å². The van der Waals surface area contributed by atoms with Crippen molar-refractivity contribution in [3.05, 3.63) is 29.3 Å². The molecule has 1 rings (SSSR count). The number of aromatic hydroxyl groups is 1. The summed E-state index contributed by atoms with van der Waals surface area (Å²) in [5.41, 5.74) is 4.71. The Bertz CT molecular complexity index is 408. The van der Waals surface area contributed by atoms with Crippen LogP contribution in [0.3, 0.4) is 0 Å². The molecule has 0 aliphatic heterocycles. The first-order chi connectivity index (χ1) is 7.39. The number of phenolic OH excluding ortho intramolecular Hbond substituents is 1. The molecule has 0 saturated carbocycles. The molecule has 0 amide bonds. The van der Waals surface area contributed by atoms with Crippen molar-refractivity contribution in [1.29, 1.82) is 0 Å². The summed E-state index contributed by atoms with van der Waals surface area (Å²) < 4.78 is 12.6. The Hall–Kier alpha value is -1.62. The van der Waals surface area contributed by atoms with Gasteiger partial charge < -0.3 is 15.9 Å². The monoisotopic (exact) mass is 227 g/mol. The zero-order valence-corrected chi connectivity index (χ0v) is 8.90. The number of carboxylic acids is 1. The number of rotatable bonds is 4. The van der Waals surface area contributed by atoms with Crippen LogP contribution in [0.2, 0.25) is 0 Å². The Kier molecular flexibility index (Phi) is 3.49. The predicted octanol–water partition coefficient (Wildman–Crippen LogP) is 0.995. The number of benzene rings is 1. The van der Waals surface area contributed by atoms with E-state index in [0.717, 1.165) is 0 Å². The molecule has 0 bridgehead atoms. The summed E-state index contributed by atoms with van der Waals surface area (Å²) >= 11 is 0.